The lowest BCUT2D eigenvalue weighted by Gasteiger charge is -2.10. The quantitative estimate of drug-likeness (QED) is 0.509. The average Bonchev–Trinajstić information content (AvgIpc) is 3.21. The van der Waals surface area contributed by atoms with E-state index in [4.69, 9.17) is 4.74 Å². The van der Waals surface area contributed by atoms with Crippen molar-refractivity contribution >= 4 is 12.0 Å². The Bertz CT molecular complexity index is 874. The molecule has 132 valence electrons. The maximum Gasteiger partial charge on any atom is 0.258 e. The van der Waals surface area contributed by atoms with E-state index in [9.17, 15) is 4.79 Å². The average molecular weight is 348 g/mol. The Balaban J connectivity index is 1.58. The lowest BCUT2D eigenvalue weighted by atomic mass is 10.1. The minimum absolute atomic E-state index is 0.224. The number of imidazole rings is 1. The van der Waals surface area contributed by atoms with Crippen LogP contribution in [0.3, 0.4) is 0 Å². The van der Waals surface area contributed by atoms with Crippen LogP contribution in [-0.4, -0.2) is 22.6 Å². The second-order valence-corrected chi connectivity index (χ2v) is 5.56. The lowest BCUT2D eigenvalue weighted by molar-refractivity contribution is -0.117. The van der Waals surface area contributed by atoms with Crippen LogP contribution < -0.4 is 15.6 Å². The van der Waals surface area contributed by atoms with Crippen molar-refractivity contribution in [1.29, 1.82) is 0 Å². The second-order valence-electron chi connectivity index (χ2n) is 5.56. The van der Waals surface area contributed by atoms with Crippen molar-refractivity contribution in [2.75, 3.05) is 7.11 Å². The lowest BCUT2D eigenvalue weighted by Crippen LogP contribution is -2.35. The Morgan fingerprint density at radius 1 is 1.23 bits per heavy atom. The predicted molar refractivity (Wildman–Crippen MR) is 101 cm³/mol. The SMILES string of the molecule is COc1cc(/C=C/C(=O)NNCc2ccccc2)ccc1-n1ccnc1. The van der Waals surface area contributed by atoms with Crippen molar-refractivity contribution in [2.24, 2.45) is 0 Å². The molecule has 0 aliphatic carbocycles. The van der Waals surface area contributed by atoms with Crippen molar-refractivity contribution in [3.05, 3.63) is 84.5 Å². The van der Waals surface area contributed by atoms with Crippen LogP contribution >= 0.6 is 0 Å². The maximum atomic E-state index is 11.9. The first-order valence-electron chi connectivity index (χ1n) is 8.17. The molecule has 6 heteroatoms. The smallest absolute Gasteiger partial charge is 0.258 e. The Morgan fingerprint density at radius 2 is 2.08 bits per heavy atom. The number of nitrogens with one attached hydrogen (secondary N) is 2. The van der Waals surface area contributed by atoms with Gasteiger partial charge in [0.05, 0.1) is 19.1 Å². The fraction of sp³-hybridized carbons (Fsp3) is 0.100. The van der Waals surface area contributed by atoms with Crippen LogP contribution in [0.1, 0.15) is 11.1 Å². The van der Waals surface area contributed by atoms with Gasteiger partial charge in [-0.2, -0.15) is 0 Å². The standard InChI is InChI=1S/C20H20N4O2/c1-26-19-13-16(7-9-18(19)24-12-11-21-15-24)8-10-20(25)23-22-14-17-5-3-2-4-6-17/h2-13,15,22H,14H2,1H3,(H,23,25)/b10-8+. The van der Waals surface area contributed by atoms with Crippen molar-refractivity contribution in [3.63, 3.8) is 0 Å². The molecule has 1 heterocycles. The van der Waals surface area contributed by atoms with Gasteiger partial charge in [0.25, 0.3) is 5.91 Å². The minimum Gasteiger partial charge on any atom is -0.495 e. The van der Waals surface area contributed by atoms with Crippen LogP contribution in [0, 0.1) is 0 Å². The van der Waals surface area contributed by atoms with Crippen LogP contribution in [0.5, 0.6) is 5.75 Å². The zero-order valence-corrected chi connectivity index (χ0v) is 14.4. The van der Waals surface area contributed by atoms with Gasteiger partial charge in [-0.1, -0.05) is 36.4 Å². The number of aromatic nitrogens is 2. The van der Waals surface area contributed by atoms with E-state index >= 15 is 0 Å². The molecule has 0 spiro atoms. The van der Waals surface area contributed by atoms with Crippen molar-refractivity contribution < 1.29 is 9.53 Å². The number of hydrogen-bond acceptors (Lipinski definition) is 4. The van der Waals surface area contributed by atoms with Gasteiger partial charge >= 0.3 is 0 Å². The Morgan fingerprint density at radius 3 is 2.81 bits per heavy atom. The molecule has 26 heavy (non-hydrogen) atoms. The summed E-state index contributed by atoms with van der Waals surface area (Å²) in [6, 6.07) is 15.6. The van der Waals surface area contributed by atoms with E-state index in [0.29, 0.717) is 12.3 Å². The summed E-state index contributed by atoms with van der Waals surface area (Å²) in [4.78, 5) is 16.0. The molecule has 1 amide bonds. The van der Waals surface area contributed by atoms with Gasteiger partial charge in [-0.15, -0.1) is 0 Å². The number of amides is 1. The Kier molecular flexibility index (Phi) is 5.80. The molecule has 6 nitrogen and oxygen atoms in total. The molecule has 0 saturated heterocycles. The number of hydrogen-bond donors (Lipinski definition) is 2. The van der Waals surface area contributed by atoms with E-state index in [-0.39, 0.29) is 5.91 Å². The fourth-order valence-electron chi connectivity index (χ4n) is 2.46. The summed E-state index contributed by atoms with van der Waals surface area (Å²) in [7, 11) is 1.61. The minimum atomic E-state index is -0.224. The first kappa shape index (κ1) is 17.4. The molecule has 0 atom stereocenters. The molecule has 0 bridgehead atoms. The number of nitrogens with zero attached hydrogens (tertiary/aromatic N) is 2. The molecule has 0 aliphatic rings. The van der Waals surface area contributed by atoms with Crippen LogP contribution in [-0.2, 0) is 11.3 Å². The number of rotatable bonds is 7. The van der Waals surface area contributed by atoms with Gasteiger partial charge in [-0.05, 0) is 29.3 Å². The van der Waals surface area contributed by atoms with Crippen LogP contribution in [0.25, 0.3) is 11.8 Å². The monoisotopic (exact) mass is 348 g/mol. The second kappa shape index (κ2) is 8.64. The number of ether oxygens (including phenoxy) is 1. The van der Waals surface area contributed by atoms with E-state index in [1.807, 2.05) is 59.3 Å². The molecule has 0 radical (unpaired) electrons. The molecule has 2 N–H and O–H groups in total. The highest BCUT2D eigenvalue weighted by Crippen LogP contribution is 2.24. The molecule has 0 saturated carbocycles. The largest absolute Gasteiger partial charge is 0.495 e. The molecule has 3 aromatic rings. The third-order valence-corrected chi connectivity index (χ3v) is 3.76. The van der Waals surface area contributed by atoms with Crippen molar-refractivity contribution in [1.82, 2.24) is 20.4 Å². The number of carbonyl (C=O) groups excluding carboxylic acids is 1. The van der Waals surface area contributed by atoms with Gasteiger partial charge < -0.3 is 9.30 Å². The zero-order chi connectivity index (χ0) is 18.2. The van der Waals surface area contributed by atoms with E-state index in [1.54, 1.807) is 25.7 Å². The highest BCUT2D eigenvalue weighted by atomic mass is 16.5. The third-order valence-electron chi connectivity index (χ3n) is 3.76. The summed E-state index contributed by atoms with van der Waals surface area (Å²) in [5.41, 5.74) is 8.39. The number of benzene rings is 2. The van der Waals surface area contributed by atoms with Crippen molar-refractivity contribution in [2.45, 2.75) is 6.54 Å². The molecular formula is C20H20N4O2. The summed E-state index contributed by atoms with van der Waals surface area (Å²) < 4.78 is 7.30. The summed E-state index contributed by atoms with van der Waals surface area (Å²) in [5, 5.41) is 0. The zero-order valence-electron chi connectivity index (χ0n) is 14.4. The maximum absolute atomic E-state index is 11.9. The third kappa shape index (κ3) is 4.58. The van der Waals surface area contributed by atoms with Gasteiger partial charge in [-0.25, -0.2) is 10.4 Å². The fourth-order valence-corrected chi connectivity index (χ4v) is 2.46. The first-order valence-corrected chi connectivity index (χ1v) is 8.17. The number of carbonyl (C=O) groups is 1. The van der Waals surface area contributed by atoms with Gasteiger partial charge in [0.15, 0.2) is 0 Å². The number of hydrazine groups is 1. The van der Waals surface area contributed by atoms with Crippen LogP contribution in [0.4, 0.5) is 0 Å². The number of methoxy groups -OCH3 is 1. The van der Waals surface area contributed by atoms with Gasteiger partial charge in [0.2, 0.25) is 0 Å². The first-order chi connectivity index (χ1) is 12.8. The van der Waals surface area contributed by atoms with Crippen molar-refractivity contribution in [3.8, 4) is 11.4 Å². The highest BCUT2D eigenvalue weighted by molar-refractivity contribution is 5.91. The van der Waals surface area contributed by atoms with E-state index in [1.165, 1.54) is 6.08 Å². The summed E-state index contributed by atoms with van der Waals surface area (Å²) in [6.07, 6.45) is 8.47. The molecule has 1 aromatic heterocycles. The molecule has 0 aliphatic heterocycles. The molecule has 0 unspecified atom stereocenters. The normalized spacial score (nSPS) is 10.8. The van der Waals surface area contributed by atoms with Gasteiger partial charge in [0.1, 0.15) is 5.75 Å². The molecule has 2 aromatic carbocycles. The van der Waals surface area contributed by atoms with Crippen LogP contribution in [0.2, 0.25) is 0 Å². The summed E-state index contributed by atoms with van der Waals surface area (Å²) >= 11 is 0. The summed E-state index contributed by atoms with van der Waals surface area (Å²) in [6.45, 7) is 0.563. The van der Waals surface area contributed by atoms with Gasteiger partial charge in [0, 0.05) is 25.0 Å². The van der Waals surface area contributed by atoms with E-state index < -0.39 is 0 Å². The Hall–Kier alpha value is -3.38. The van der Waals surface area contributed by atoms with Gasteiger partial charge in [-0.3, -0.25) is 10.2 Å². The molecule has 3 rings (SSSR count). The Labute approximate surface area is 152 Å². The topological polar surface area (TPSA) is 68.2 Å². The molecule has 0 fully saturated rings. The van der Waals surface area contributed by atoms with E-state index in [0.717, 1.165) is 16.8 Å². The highest BCUT2D eigenvalue weighted by Gasteiger charge is 2.05. The van der Waals surface area contributed by atoms with Crippen LogP contribution in [0.15, 0.2) is 73.3 Å². The summed E-state index contributed by atoms with van der Waals surface area (Å²) in [5.74, 6) is 0.478. The van der Waals surface area contributed by atoms with E-state index in [2.05, 4.69) is 15.8 Å². The molecular weight excluding hydrogens is 328 g/mol. The predicted octanol–water partition coefficient (Wildman–Crippen LogP) is 2.72.